The number of pyridine rings is 1. The highest BCUT2D eigenvalue weighted by Gasteiger charge is 2.35. The van der Waals surface area contributed by atoms with E-state index in [0.29, 0.717) is 29.9 Å². The van der Waals surface area contributed by atoms with Crippen LogP contribution in [0.3, 0.4) is 0 Å². The van der Waals surface area contributed by atoms with Crippen LogP contribution in [-0.4, -0.2) is 62.5 Å². The van der Waals surface area contributed by atoms with Crippen molar-refractivity contribution < 1.29 is 23.0 Å². The van der Waals surface area contributed by atoms with Crippen molar-refractivity contribution in [2.24, 2.45) is 18.0 Å². The van der Waals surface area contributed by atoms with Gasteiger partial charge in [-0.15, -0.1) is 0 Å². The number of likely N-dealkylation sites (tertiary alicyclic amines) is 1. The van der Waals surface area contributed by atoms with E-state index >= 15 is 0 Å². The Balaban J connectivity index is 1.42. The van der Waals surface area contributed by atoms with Crippen molar-refractivity contribution in [2.45, 2.75) is 32.4 Å². The van der Waals surface area contributed by atoms with Crippen molar-refractivity contribution in [1.82, 2.24) is 19.4 Å². The van der Waals surface area contributed by atoms with E-state index in [1.54, 1.807) is 17.7 Å². The molecule has 1 aromatic carbocycles. The van der Waals surface area contributed by atoms with Crippen LogP contribution >= 0.6 is 0 Å². The number of benzene rings is 1. The molecule has 38 heavy (non-hydrogen) atoms. The average molecular weight is 529 g/mol. The summed E-state index contributed by atoms with van der Waals surface area (Å²) in [6.07, 6.45) is -0.767. The molecule has 0 bridgehead atoms. The van der Waals surface area contributed by atoms with E-state index < -0.39 is 11.7 Å². The van der Waals surface area contributed by atoms with Gasteiger partial charge in [0.25, 0.3) is 0 Å². The third kappa shape index (κ3) is 6.28. The van der Waals surface area contributed by atoms with Crippen molar-refractivity contribution in [3.05, 3.63) is 41.9 Å². The molecule has 0 saturated carbocycles. The number of halogens is 3. The highest BCUT2D eigenvalue weighted by molar-refractivity contribution is 5.92. The highest BCUT2D eigenvalue weighted by Crippen LogP contribution is 2.39. The number of fused-ring (bicyclic) bond motifs is 1. The van der Waals surface area contributed by atoms with E-state index in [2.05, 4.69) is 19.9 Å². The molecule has 1 aliphatic heterocycles. The summed E-state index contributed by atoms with van der Waals surface area (Å²) in [5, 5.41) is 24.6. The number of nitrogens with zero attached hydrogens (tertiary/aromatic N) is 6. The van der Waals surface area contributed by atoms with Gasteiger partial charge in [-0.1, -0.05) is 0 Å². The maximum absolute atomic E-state index is 14.0. The maximum atomic E-state index is 14.0. The van der Waals surface area contributed by atoms with E-state index in [1.165, 1.54) is 25.4 Å². The van der Waals surface area contributed by atoms with Crippen LogP contribution in [-0.2, 0) is 13.2 Å². The lowest BCUT2D eigenvalue weighted by molar-refractivity contribution is -0.138. The van der Waals surface area contributed by atoms with Crippen LogP contribution in [0.15, 0.2) is 35.6 Å². The predicted molar refractivity (Wildman–Crippen MR) is 137 cm³/mol. The molecular weight excluding hydrogens is 499 g/mol. The Kier molecular flexibility index (Phi) is 7.97. The first kappa shape index (κ1) is 27.1. The third-order valence-corrected chi connectivity index (χ3v) is 6.57. The SMILES string of the molecule is CC([OH2+])=NC(=N)CN1CCC(CCOc2ccc(-c3cc4c(ncn4C)c(C#N)n3)cc2C(F)(F)F)CC1. The van der Waals surface area contributed by atoms with Gasteiger partial charge < -0.3 is 14.4 Å². The second-order valence-corrected chi connectivity index (χ2v) is 9.40. The molecule has 1 fully saturated rings. The van der Waals surface area contributed by atoms with Crippen molar-refractivity contribution in [3.63, 3.8) is 0 Å². The number of imidazole rings is 1. The molecule has 0 atom stereocenters. The first-order valence-corrected chi connectivity index (χ1v) is 12.2. The minimum Gasteiger partial charge on any atom is -0.582 e. The minimum atomic E-state index is -4.63. The molecule has 0 radical (unpaired) electrons. The second-order valence-electron chi connectivity index (χ2n) is 9.40. The number of hydrogen-bond acceptors (Lipinski definition) is 6. The standard InChI is InChI=1S/C26H28F3N7O2/c1-16(37)33-24(31)14-36-8-5-17(6-9-36)7-10-38-23-4-3-18(11-19(23)26(27,28)29)20-12-22-25(21(13-30)34-20)32-15-35(22)2/h3-4,11-12,15,17H,5-10,14H2,1-2H3,(H2,31,33,37)/p+1. The number of ether oxygens (including phenoxy) is 1. The lowest BCUT2D eigenvalue weighted by Crippen LogP contribution is -2.37. The molecule has 0 unspecified atom stereocenters. The Morgan fingerprint density at radius 2 is 2.03 bits per heavy atom. The lowest BCUT2D eigenvalue weighted by Gasteiger charge is -2.31. The molecule has 3 aromatic rings. The van der Waals surface area contributed by atoms with Gasteiger partial charge in [0.15, 0.2) is 5.69 Å². The normalized spacial score (nSPS) is 15.5. The number of aryl methyl sites for hydroxylation is 1. The van der Waals surface area contributed by atoms with Gasteiger partial charge >= 0.3 is 12.1 Å². The number of nitriles is 1. The third-order valence-electron chi connectivity index (χ3n) is 6.57. The molecule has 0 spiro atoms. The van der Waals surface area contributed by atoms with E-state index in [1.807, 2.05) is 6.07 Å². The van der Waals surface area contributed by atoms with Gasteiger partial charge in [-0.25, -0.2) is 9.97 Å². The number of alkyl halides is 3. The molecule has 3 heterocycles. The van der Waals surface area contributed by atoms with Gasteiger partial charge in [0, 0.05) is 12.6 Å². The molecule has 12 heteroatoms. The van der Waals surface area contributed by atoms with E-state index in [-0.39, 0.29) is 41.0 Å². The quantitative estimate of drug-likeness (QED) is 0.280. The number of rotatable bonds is 7. The number of amidine groups is 1. The highest BCUT2D eigenvalue weighted by atomic mass is 19.4. The Morgan fingerprint density at radius 3 is 2.68 bits per heavy atom. The Labute approximate surface area is 217 Å². The van der Waals surface area contributed by atoms with Crippen LogP contribution < -0.4 is 4.74 Å². The van der Waals surface area contributed by atoms with Gasteiger partial charge in [0.05, 0.1) is 43.2 Å². The summed E-state index contributed by atoms with van der Waals surface area (Å²) in [6, 6.07) is 7.42. The topological polar surface area (TPSA) is 126 Å². The Hall–Kier alpha value is -3.98. The molecule has 0 aliphatic carbocycles. The summed E-state index contributed by atoms with van der Waals surface area (Å²) < 4.78 is 49.2. The first-order chi connectivity index (χ1) is 18.0. The number of nitrogens with one attached hydrogen (secondary N) is 1. The molecule has 4 rings (SSSR count). The van der Waals surface area contributed by atoms with E-state index in [9.17, 15) is 18.4 Å². The number of aromatic nitrogens is 3. The summed E-state index contributed by atoms with van der Waals surface area (Å²) in [5.41, 5.74) is 0.635. The smallest absolute Gasteiger partial charge is 0.419 e. The molecular formula is C26H29F3N7O2+. The molecule has 0 amide bonds. The fraction of sp³-hybridized carbons (Fsp3) is 0.423. The van der Waals surface area contributed by atoms with Crippen molar-refractivity contribution in [1.29, 1.82) is 10.7 Å². The largest absolute Gasteiger partial charge is 0.582 e. The number of aliphatic imine (C=N–C) groups is 1. The van der Waals surface area contributed by atoms with E-state index in [4.69, 9.17) is 15.3 Å². The Morgan fingerprint density at radius 1 is 1.29 bits per heavy atom. The maximum Gasteiger partial charge on any atom is 0.419 e. The number of piperidine rings is 1. The minimum absolute atomic E-state index is 0.0501. The van der Waals surface area contributed by atoms with Crippen LogP contribution in [0.1, 0.15) is 37.4 Å². The average Bonchev–Trinajstić information content (AvgIpc) is 3.24. The van der Waals surface area contributed by atoms with Crippen LogP contribution in [0.5, 0.6) is 5.75 Å². The first-order valence-electron chi connectivity index (χ1n) is 12.2. The van der Waals surface area contributed by atoms with Crippen LogP contribution in [0, 0.1) is 22.7 Å². The van der Waals surface area contributed by atoms with Gasteiger partial charge in [-0.2, -0.15) is 23.4 Å². The van der Waals surface area contributed by atoms with Gasteiger partial charge in [0.1, 0.15) is 23.2 Å². The monoisotopic (exact) mass is 528 g/mol. The molecule has 1 saturated heterocycles. The second kappa shape index (κ2) is 11.2. The summed E-state index contributed by atoms with van der Waals surface area (Å²) in [4.78, 5) is 14.3. The van der Waals surface area contributed by atoms with Gasteiger partial charge in [-0.3, -0.25) is 10.3 Å². The van der Waals surface area contributed by atoms with Crippen molar-refractivity contribution >= 4 is 22.8 Å². The molecule has 200 valence electrons. The van der Waals surface area contributed by atoms with Crippen molar-refractivity contribution in [3.8, 4) is 23.1 Å². The van der Waals surface area contributed by atoms with Crippen molar-refractivity contribution in [2.75, 3.05) is 26.2 Å². The van der Waals surface area contributed by atoms with Crippen LogP contribution in [0.2, 0.25) is 0 Å². The summed E-state index contributed by atoms with van der Waals surface area (Å²) in [7, 11) is 1.74. The molecule has 2 aromatic heterocycles. The summed E-state index contributed by atoms with van der Waals surface area (Å²) in [6.45, 7) is 3.60. The molecule has 9 nitrogen and oxygen atoms in total. The lowest BCUT2D eigenvalue weighted by atomic mass is 9.94. The summed E-state index contributed by atoms with van der Waals surface area (Å²) in [5.74, 6) is 0.334. The zero-order valence-electron chi connectivity index (χ0n) is 21.1. The van der Waals surface area contributed by atoms with Gasteiger partial charge in [-0.05, 0) is 62.5 Å². The van der Waals surface area contributed by atoms with Crippen LogP contribution in [0.4, 0.5) is 13.2 Å². The summed E-state index contributed by atoms with van der Waals surface area (Å²) >= 11 is 0. The molecule has 3 N–H and O–H groups in total. The zero-order valence-corrected chi connectivity index (χ0v) is 21.1. The Bertz CT molecular complexity index is 1400. The van der Waals surface area contributed by atoms with Crippen LogP contribution in [0.25, 0.3) is 22.3 Å². The van der Waals surface area contributed by atoms with E-state index in [0.717, 1.165) is 32.0 Å². The van der Waals surface area contributed by atoms with Gasteiger partial charge in [0.2, 0.25) is 0 Å². The zero-order chi connectivity index (χ0) is 27.4. The predicted octanol–water partition coefficient (Wildman–Crippen LogP) is 4.13. The fourth-order valence-corrected chi connectivity index (χ4v) is 4.61. The number of hydrogen-bond donors (Lipinski definition) is 1. The molecule has 1 aliphatic rings. The fourth-order valence-electron chi connectivity index (χ4n) is 4.61.